The third kappa shape index (κ3) is 4.96. The normalized spacial score (nSPS) is 9.96. The van der Waals surface area contributed by atoms with Gasteiger partial charge in [-0.25, -0.2) is 9.59 Å². The van der Waals surface area contributed by atoms with Gasteiger partial charge in [0.2, 0.25) is 0 Å². The molecular weight excluding hydrogens is 330 g/mol. The Morgan fingerprint density at radius 3 is 2.16 bits per heavy atom. The second-order valence-electron chi connectivity index (χ2n) is 4.93. The lowest BCUT2D eigenvalue weighted by molar-refractivity contribution is -0.118. The van der Waals surface area contributed by atoms with Crippen LogP contribution < -0.4 is 14.8 Å². The van der Waals surface area contributed by atoms with Crippen LogP contribution in [-0.4, -0.2) is 41.8 Å². The molecule has 0 spiro atoms. The van der Waals surface area contributed by atoms with E-state index in [1.165, 1.54) is 7.11 Å². The first-order valence-electron chi connectivity index (χ1n) is 7.07. The fourth-order valence-electron chi connectivity index (χ4n) is 1.98. The Balaban J connectivity index is 2.05. The number of carbonyl (C=O) groups is 3. The van der Waals surface area contributed by atoms with Gasteiger partial charge in [-0.3, -0.25) is 4.79 Å². The molecule has 130 valence electrons. The van der Waals surface area contributed by atoms with E-state index in [9.17, 15) is 14.4 Å². The zero-order chi connectivity index (χ0) is 18.4. The molecule has 0 unspecified atom stereocenters. The van der Waals surface area contributed by atoms with Crippen LogP contribution in [0.1, 0.15) is 20.7 Å². The minimum absolute atomic E-state index is 0.0295. The monoisotopic (exact) mass is 345 g/mol. The number of aromatic carboxylic acids is 2. The van der Waals surface area contributed by atoms with E-state index < -0.39 is 24.5 Å². The van der Waals surface area contributed by atoms with Gasteiger partial charge in [0.25, 0.3) is 5.91 Å². The first-order valence-corrected chi connectivity index (χ1v) is 7.07. The maximum Gasteiger partial charge on any atom is 0.335 e. The lowest BCUT2D eigenvalue weighted by atomic mass is 10.1. The summed E-state index contributed by atoms with van der Waals surface area (Å²) in [7, 11) is 1.50. The first kappa shape index (κ1) is 17.8. The number of hydrogen-bond acceptors (Lipinski definition) is 5. The number of ether oxygens (including phenoxy) is 2. The second-order valence-corrected chi connectivity index (χ2v) is 4.93. The fourth-order valence-corrected chi connectivity index (χ4v) is 1.98. The van der Waals surface area contributed by atoms with Crippen LogP contribution in [0.3, 0.4) is 0 Å². The summed E-state index contributed by atoms with van der Waals surface area (Å²) >= 11 is 0. The van der Waals surface area contributed by atoms with Gasteiger partial charge in [0.05, 0.1) is 18.2 Å². The van der Waals surface area contributed by atoms with E-state index in [1.807, 2.05) is 0 Å². The topological polar surface area (TPSA) is 122 Å². The van der Waals surface area contributed by atoms with Crippen molar-refractivity contribution in [1.29, 1.82) is 0 Å². The quantitative estimate of drug-likeness (QED) is 0.702. The van der Waals surface area contributed by atoms with Gasteiger partial charge in [-0.05, 0) is 30.3 Å². The predicted molar refractivity (Wildman–Crippen MR) is 87.5 cm³/mol. The SMILES string of the molecule is COc1cccc(NC(=O)COc2cc(C(=O)O)cc(C(=O)O)c2)c1. The summed E-state index contributed by atoms with van der Waals surface area (Å²) in [5, 5.41) is 20.6. The van der Waals surface area contributed by atoms with Crippen molar-refractivity contribution in [3.8, 4) is 11.5 Å². The van der Waals surface area contributed by atoms with Crippen LogP contribution in [0.4, 0.5) is 5.69 Å². The summed E-state index contributed by atoms with van der Waals surface area (Å²) < 4.78 is 10.3. The largest absolute Gasteiger partial charge is 0.497 e. The highest BCUT2D eigenvalue weighted by atomic mass is 16.5. The zero-order valence-corrected chi connectivity index (χ0v) is 13.2. The van der Waals surface area contributed by atoms with Crippen LogP contribution in [0, 0.1) is 0 Å². The molecule has 3 N–H and O–H groups in total. The summed E-state index contributed by atoms with van der Waals surface area (Å²) in [6.45, 7) is -0.417. The smallest absolute Gasteiger partial charge is 0.335 e. The number of nitrogens with one attached hydrogen (secondary N) is 1. The number of carboxylic acid groups (broad SMARTS) is 2. The molecule has 8 heteroatoms. The number of carbonyl (C=O) groups excluding carboxylic acids is 1. The molecule has 8 nitrogen and oxygen atoms in total. The molecule has 0 bridgehead atoms. The second kappa shape index (κ2) is 7.82. The Bertz CT molecular complexity index is 784. The van der Waals surface area contributed by atoms with Crippen LogP contribution in [0.25, 0.3) is 0 Å². The summed E-state index contributed by atoms with van der Waals surface area (Å²) in [6.07, 6.45) is 0. The first-order chi connectivity index (χ1) is 11.9. The molecule has 0 saturated carbocycles. The molecule has 0 atom stereocenters. The van der Waals surface area contributed by atoms with E-state index in [2.05, 4.69) is 5.32 Å². The number of rotatable bonds is 7. The number of amides is 1. The predicted octanol–water partition coefficient (Wildman–Crippen LogP) is 2.11. The molecule has 0 fully saturated rings. The number of methoxy groups -OCH3 is 1. The summed E-state index contributed by atoms with van der Waals surface area (Å²) in [6, 6.07) is 10.00. The van der Waals surface area contributed by atoms with Crippen molar-refractivity contribution in [2.24, 2.45) is 0 Å². The van der Waals surface area contributed by atoms with E-state index in [-0.39, 0.29) is 16.9 Å². The molecule has 0 saturated heterocycles. The molecule has 0 radical (unpaired) electrons. The fraction of sp³-hybridized carbons (Fsp3) is 0.118. The van der Waals surface area contributed by atoms with Gasteiger partial charge in [-0.1, -0.05) is 6.07 Å². The van der Waals surface area contributed by atoms with Crippen molar-refractivity contribution in [2.75, 3.05) is 19.0 Å². The molecule has 2 rings (SSSR count). The summed E-state index contributed by atoms with van der Waals surface area (Å²) in [5.74, 6) is -2.55. The molecule has 0 aliphatic carbocycles. The van der Waals surface area contributed by atoms with Crippen LogP contribution >= 0.6 is 0 Å². The maximum absolute atomic E-state index is 11.9. The number of hydrogen-bond donors (Lipinski definition) is 3. The number of carboxylic acids is 2. The van der Waals surface area contributed by atoms with E-state index in [1.54, 1.807) is 24.3 Å². The molecule has 2 aromatic rings. The van der Waals surface area contributed by atoms with Crippen LogP contribution in [-0.2, 0) is 4.79 Å². The standard InChI is InChI=1S/C17H15NO7/c1-24-13-4-2-3-12(8-13)18-15(19)9-25-14-6-10(16(20)21)5-11(7-14)17(22)23/h2-8H,9H2,1H3,(H,18,19)(H,20,21)(H,22,23). The van der Waals surface area contributed by atoms with E-state index in [4.69, 9.17) is 19.7 Å². The summed E-state index contributed by atoms with van der Waals surface area (Å²) in [5.41, 5.74) is 0.00432. The van der Waals surface area contributed by atoms with Gasteiger partial charge in [0.15, 0.2) is 6.61 Å². The molecule has 0 heterocycles. The Morgan fingerprint density at radius 1 is 0.960 bits per heavy atom. The van der Waals surface area contributed by atoms with Crippen molar-refractivity contribution >= 4 is 23.5 Å². The van der Waals surface area contributed by atoms with Gasteiger partial charge in [-0.15, -0.1) is 0 Å². The lowest BCUT2D eigenvalue weighted by Gasteiger charge is -2.10. The highest BCUT2D eigenvalue weighted by Crippen LogP contribution is 2.19. The highest BCUT2D eigenvalue weighted by molar-refractivity contribution is 5.95. The molecule has 1 amide bonds. The molecule has 0 aliphatic heterocycles. The minimum atomic E-state index is -1.30. The zero-order valence-electron chi connectivity index (χ0n) is 13.2. The molecule has 0 aliphatic rings. The lowest BCUT2D eigenvalue weighted by Crippen LogP contribution is -2.20. The van der Waals surface area contributed by atoms with Crippen molar-refractivity contribution in [3.05, 3.63) is 53.6 Å². The van der Waals surface area contributed by atoms with E-state index >= 15 is 0 Å². The van der Waals surface area contributed by atoms with Crippen LogP contribution in [0.15, 0.2) is 42.5 Å². The molecular formula is C17H15NO7. The van der Waals surface area contributed by atoms with Gasteiger partial charge in [0.1, 0.15) is 11.5 Å². The van der Waals surface area contributed by atoms with Gasteiger partial charge >= 0.3 is 11.9 Å². The van der Waals surface area contributed by atoms with Crippen LogP contribution in [0.5, 0.6) is 11.5 Å². The average Bonchev–Trinajstić information content (AvgIpc) is 2.59. The van der Waals surface area contributed by atoms with Crippen molar-refractivity contribution in [2.45, 2.75) is 0 Å². The Labute approximate surface area is 142 Å². The average molecular weight is 345 g/mol. The number of benzene rings is 2. The van der Waals surface area contributed by atoms with Crippen molar-refractivity contribution < 1.29 is 34.1 Å². The minimum Gasteiger partial charge on any atom is -0.497 e. The van der Waals surface area contributed by atoms with Gasteiger partial charge in [0, 0.05) is 11.8 Å². The Hall–Kier alpha value is -3.55. The molecule has 0 aromatic heterocycles. The number of anilines is 1. The molecule has 25 heavy (non-hydrogen) atoms. The third-order valence-corrected chi connectivity index (χ3v) is 3.12. The van der Waals surface area contributed by atoms with Crippen molar-refractivity contribution in [3.63, 3.8) is 0 Å². The third-order valence-electron chi connectivity index (χ3n) is 3.12. The maximum atomic E-state index is 11.9. The van der Waals surface area contributed by atoms with Gasteiger partial charge < -0.3 is 25.0 Å². The van der Waals surface area contributed by atoms with Crippen LogP contribution in [0.2, 0.25) is 0 Å². The Morgan fingerprint density at radius 2 is 1.60 bits per heavy atom. The molecule has 2 aromatic carbocycles. The summed E-state index contributed by atoms with van der Waals surface area (Å²) in [4.78, 5) is 34.0. The van der Waals surface area contributed by atoms with Gasteiger partial charge in [-0.2, -0.15) is 0 Å². The van der Waals surface area contributed by atoms with Crippen molar-refractivity contribution in [1.82, 2.24) is 0 Å². The van der Waals surface area contributed by atoms with E-state index in [0.717, 1.165) is 18.2 Å². The highest BCUT2D eigenvalue weighted by Gasteiger charge is 2.13. The van der Waals surface area contributed by atoms with E-state index in [0.29, 0.717) is 11.4 Å². The Kier molecular flexibility index (Phi) is 5.57.